The van der Waals surface area contributed by atoms with Crippen LogP contribution in [0, 0.1) is 13.8 Å². The lowest BCUT2D eigenvalue weighted by atomic mass is 10.0. The van der Waals surface area contributed by atoms with E-state index in [0.29, 0.717) is 13.0 Å². The Morgan fingerprint density at radius 1 is 1.55 bits per heavy atom. The highest BCUT2D eigenvalue weighted by Gasteiger charge is 2.31. The fourth-order valence-electron chi connectivity index (χ4n) is 2.91. The van der Waals surface area contributed by atoms with Crippen molar-refractivity contribution in [3.8, 4) is 0 Å². The van der Waals surface area contributed by atoms with Crippen molar-refractivity contribution in [3.63, 3.8) is 0 Å². The molecule has 0 unspecified atom stereocenters. The Morgan fingerprint density at radius 3 is 3.00 bits per heavy atom. The van der Waals surface area contributed by atoms with Crippen LogP contribution in [0.25, 0.3) is 0 Å². The van der Waals surface area contributed by atoms with Crippen LogP contribution >= 0.6 is 0 Å². The normalized spacial score (nSPS) is 21.2. The third kappa shape index (κ3) is 2.89. The number of hydrogen-bond donors (Lipinski definition) is 2. The van der Waals surface area contributed by atoms with E-state index in [1.165, 1.54) is 0 Å². The highest BCUT2D eigenvalue weighted by atomic mass is 16.5. The smallest absolute Gasteiger partial charge is 0.224 e. The number of hydrogen-bond acceptors (Lipinski definition) is 4. The quantitative estimate of drug-likeness (QED) is 0.880. The molecule has 0 bridgehead atoms. The Hall–Kier alpha value is -2.15. The molecule has 1 aliphatic rings. The number of amides is 1. The standard InChI is InChI=1S/C15H21N5O2/c1-9-12(10(2)19-18-9)6-14(21)17-13-4-5-22-15(13)11-7-16-20(3)8-11/h7-8,13,15H,4-6H2,1-3H3,(H,17,21)(H,18,19)/t13-,15+/m0/s1. The summed E-state index contributed by atoms with van der Waals surface area (Å²) in [6.07, 6.45) is 4.75. The first-order valence-corrected chi connectivity index (χ1v) is 7.44. The van der Waals surface area contributed by atoms with Gasteiger partial charge in [-0.2, -0.15) is 10.2 Å². The number of nitrogens with one attached hydrogen (secondary N) is 2. The maximum Gasteiger partial charge on any atom is 0.224 e. The fraction of sp³-hybridized carbons (Fsp3) is 0.533. The Balaban J connectivity index is 1.65. The number of carbonyl (C=O) groups excluding carboxylic acids is 1. The molecule has 22 heavy (non-hydrogen) atoms. The predicted molar refractivity (Wildman–Crippen MR) is 80.2 cm³/mol. The predicted octanol–water partition coefficient (Wildman–Crippen LogP) is 0.949. The minimum atomic E-state index is -0.121. The van der Waals surface area contributed by atoms with E-state index in [2.05, 4.69) is 20.6 Å². The second kappa shape index (κ2) is 5.92. The first-order chi connectivity index (χ1) is 10.5. The summed E-state index contributed by atoms with van der Waals surface area (Å²) in [4.78, 5) is 12.3. The number of ether oxygens (including phenoxy) is 1. The van der Waals surface area contributed by atoms with E-state index in [1.54, 1.807) is 10.9 Å². The molecule has 3 heterocycles. The Morgan fingerprint density at radius 2 is 2.36 bits per heavy atom. The SMILES string of the molecule is Cc1n[nH]c(C)c1CC(=O)N[C@H]1CCO[C@@H]1c1cnn(C)c1. The van der Waals surface area contributed by atoms with Gasteiger partial charge in [0, 0.05) is 36.7 Å². The summed E-state index contributed by atoms with van der Waals surface area (Å²) in [5.41, 5.74) is 3.79. The molecule has 1 amide bonds. The van der Waals surface area contributed by atoms with E-state index in [4.69, 9.17) is 4.74 Å². The molecule has 2 N–H and O–H groups in total. The van der Waals surface area contributed by atoms with Gasteiger partial charge in [0.2, 0.25) is 5.91 Å². The van der Waals surface area contributed by atoms with E-state index in [9.17, 15) is 4.79 Å². The molecule has 0 saturated carbocycles. The lowest BCUT2D eigenvalue weighted by molar-refractivity contribution is -0.121. The summed E-state index contributed by atoms with van der Waals surface area (Å²) in [7, 11) is 1.87. The molecule has 0 spiro atoms. The Labute approximate surface area is 129 Å². The van der Waals surface area contributed by atoms with Crippen LogP contribution in [0.2, 0.25) is 0 Å². The topological polar surface area (TPSA) is 84.8 Å². The van der Waals surface area contributed by atoms with Crippen molar-refractivity contribution < 1.29 is 9.53 Å². The van der Waals surface area contributed by atoms with Gasteiger partial charge in [0.1, 0.15) is 6.10 Å². The van der Waals surface area contributed by atoms with Crippen molar-refractivity contribution >= 4 is 5.91 Å². The average molecular weight is 303 g/mol. The van der Waals surface area contributed by atoms with Crippen LogP contribution in [-0.4, -0.2) is 38.5 Å². The molecule has 7 heteroatoms. The van der Waals surface area contributed by atoms with Gasteiger partial charge < -0.3 is 10.1 Å². The van der Waals surface area contributed by atoms with Gasteiger partial charge in [-0.3, -0.25) is 14.6 Å². The van der Waals surface area contributed by atoms with E-state index in [1.807, 2.05) is 27.1 Å². The summed E-state index contributed by atoms with van der Waals surface area (Å²) < 4.78 is 7.51. The number of nitrogens with zero attached hydrogens (tertiary/aromatic N) is 3. The first kappa shape index (κ1) is 14.8. The fourth-order valence-corrected chi connectivity index (χ4v) is 2.91. The highest BCUT2D eigenvalue weighted by molar-refractivity contribution is 5.79. The molecule has 7 nitrogen and oxygen atoms in total. The van der Waals surface area contributed by atoms with Crippen molar-refractivity contribution in [1.82, 2.24) is 25.3 Å². The zero-order chi connectivity index (χ0) is 15.7. The number of carbonyl (C=O) groups is 1. The molecule has 2 aromatic rings. The average Bonchev–Trinajstić information content (AvgIpc) is 3.16. The summed E-state index contributed by atoms with van der Waals surface area (Å²) >= 11 is 0. The number of aromatic nitrogens is 4. The van der Waals surface area contributed by atoms with Crippen LogP contribution in [-0.2, 0) is 23.0 Å². The van der Waals surface area contributed by atoms with Crippen LogP contribution in [0.5, 0.6) is 0 Å². The van der Waals surface area contributed by atoms with Gasteiger partial charge in [0.25, 0.3) is 0 Å². The molecular formula is C15H21N5O2. The third-order valence-electron chi connectivity index (χ3n) is 4.11. The van der Waals surface area contributed by atoms with Gasteiger partial charge in [-0.1, -0.05) is 0 Å². The molecule has 2 atom stereocenters. The second-order valence-electron chi connectivity index (χ2n) is 5.79. The van der Waals surface area contributed by atoms with E-state index in [-0.39, 0.29) is 18.1 Å². The van der Waals surface area contributed by atoms with Crippen molar-refractivity contribution in [2.45, 2.75) is 38.8 Å². The zero-order valence-corrected chi connectivity index (χ0v) is 13.1. The molecule has 0 aliphatic carbocycles. The van der Waals surface area contributed by atoms with Crippen LogP contribution in [0.15, 0.2) is 12.4 Å². The van der Waals surface area contributed by atoms with Crippen molar-refractivity contribution in [2.75, 3.05) is 6.61 Å². The number of aryl methyl sites for hydroxylation is 3. The molecular weight excluding hydrogens is 282 g/mol. The number of rotatable bonds is 4. The molecule has 1 aliphatic heterocycles. The van der Waals surface area contributed by atoms with Crippen molar-refractivity contribution in [3.05, 3.63) is 34.9 Å². The summed E-state index contributed by atoms with van der Waals surface area (Å²) in [5, 5.41) is 14.3. The summed E-state index contributed by atoms with van der Waals surface area (Å²) in [6, 6.07) is -0.00999. The van der Waals surface area contributed by atoms with Crippen molar-refractivity contribution in [1.29, 1.82) is 0 Å². The lowest BCUT2D eigenvalue weighted by Gasteiger charge is -2.18. The molecule has 1 saturated heterocycles. The van der Waals surface area contributed by atoms with Crippen LogP contribution in [0.1, 0.15) is 35.0 Å². The molecule has 3 rings (SSSR count). The molecule has 0 radical (unpaired) electrons. The van der Waals surface area contributed by atoms with Crippen molar-refractivity contribution in [2.24, 2.45) is 7.05 Å². The van der Waals surface area contributed by atoms with Gasteiger partial charge in [-0.15, -0.1) is 0 Å². The maximum atomic E-state index is 12.3. The monoisotopic (exact) mass is 303 g/mol. The third-order valence-corrected chi connectivity index (χ3v) is 4.11. The zero-order valence-electron chi connectivity index (χ0n) is 13.1. The van der Waals surface area contributed by atoms with Crippen LogP contribution in [0.3, 0.4) is 0 Å². The van der Waals surface area contributed by atoms with Gasteiger partial charge in [-0.25, -0.2) is 0 Å². The maximum absolute atomic E-state index is 12.3. The minimum Gasteiger partial charge on any atom is -0.371 e. The van der Waals surface area contributed by atoms with Crippen LogP contribution < -0.4 is 5.32 Å². The van der Waals surface area contributed by atoms with E-state index >= 15 is 0 Å². The Kier molecular flexibility index (Phi) is 3.98. The lowest BCUT2D eigenvalue weighted by Crippen LogP contribution is -2.37. The van der Waals surface area contributed by atoms with Gasteiger partial charge in [-0.05, 0) is 20.3 Å². The second-order valence-corrected chi connectivity index (χ2v) is 5.79. The highest BCUT2D eigenvalue weighted by Crippen LogP contribution is 2.28. The summed E-state index contributed by atoms with van der Waals surface area (Å²) in [5.74, 6) is -0.00279. The number of aromatic amines is 1. The number of H-pyrrole nitrogens is 1. The largest absolute Gasteiger partial charge is 0.371 e. The van der Waals surface area contributed by atoms with E-state index in [0.717, 1.165) is 28.9 Å². The van der Waals surface area contributed by atoms with Gasteiger partial charge in [0.15, 0.2) is 0 Å². The van der Waals surface area contributed by atoms with Gasteiger partial charge in [0.05, 0.1) is 24.4 Å². The molecule has 0 aromatic carbocycles. The Bertz CT molecular complexity index is 656. The van der Waals surface area contributed by atoms with Crippen LogP contribution in [0.4, 0.5) is 0 Å². The molecule has 1 fully saturated rings. The van der Waals surface area contributed by atoms with Gasteiger partial charge >= 0.3 is 0 Å². The minimum absolute atomic E-state index is 0.00279. The molecule has 2 aromatic heterocycles. The van der Waals surface area contributed by atoms with E-state index < -0.39 is 0 Å². The summed E-state index contributed by atoms with van der Waals surface area (Å²) in [6.45, 7) is 4.48. The first-order valence-electron chi connectivity index (χ1n) is 7.44. The molecule has 118 valence electrons.